The molecule has 1 aliphatic rings. The molecule has 0 bridgehead atoms. The molecule has 16 heavy (non-hydrogen) atoms. The van der Waals surface area contributed by atoms with Crippen molar-refractivity contribution in [3.05, 3.63) is 0 Å². The van der Waals surface area contributed by atoms with Gasteiger partial charge in [0.1, 0.15) is 0 Å². The fourth-order valence-electron chi connectivity index (χ4n) is 2.67. The van der Waals surface area contributed by atoms with E-state index in [0.29, 0.717) is 6.04 Å². The van der Waals surface area contributed by atoms with Gasteiger partial charge in [0.25, 0.3) is 0 Å². The van der Waals surface area contributed by atoms with Crippen LogP contribution in [-0.4, -0.2) is 23.8 Å². The van der Waals surface area contributed by atoms with Crippen molar-refractivity contribution < 1.29 is 5.11 Å². The molecule has 0 radical (unpaired) electrons. The lowest BCUT2D eigenvalue weighted by molar-refractivity contribution is 0.124. The Labute approximate surface area is 101 Å². The average molecular weight is 227 g/mol. The van der Waals surface area contributed by atoms with E-state index in [2.05, 4.69) is 33.0 Å². The number of aliphatic hydroxyl groups is 1. The van der Waals surface area contributed by atoms with Crippen LogP contribution in [0.1, 0.15) is 53.9 Å². The average Bonchev–Trinajstić information content (AvgIpc) is 2.84. The third kappa shape index (κ3) is 4.84. The van der Waals surface area contributed by atoms with Crippen molar-refractivity contribution >= 4 is 0 Å². The van der Waals surface area contributed by atoms with Gasteiger partial charge in [-0.2, -0.15) is 0 Å². The first-order chi connectivity index (χ1) is 7.32. The number of hydrogen-bond donors (Lipinski definition) is 2. The van der Waals surface area contributed by atoms with E-state index in [0.717, 1.165) is 24.8 Å². The molecule has 0 aliphatic heterocycles. The fourth-order valence-corrected chi connectivity index (χ4v) is 2.67. The number of hydrogen-bond acceptors (Lipinski definition) is 2. The molecule has 1 aliphatic carbocycles. The summed E-state index contributed by atoms with van der Waals surface area (Å²) < 4.78 is 0. The van der Waals surface area contributed by atoms with Crippen LogP contribution in [0.4, 0.5) is 0 Å². The van der Waals surface area contributed by atoms with Crippen molar-refractivity contribution in [2.24, 2.45) is 17.3 Å². The van der Waals surface area contributed by atoms with Gasteiger partial charge in [0.15, 0.2) is 0 Å². The van der Waals surface area contributed by atoms with Crippen molar-refractivity contribution in [2.75, 3.05) is 6.54 Å². The van der Waals surface area contributed by atoms with Gasteiger partial charge >= 0.3 is 0 Å². The zero-order valence-electron chi connectivity index (χ0n) is 11.6. The van der Waals surface area contributed by atoms with Crippen molar-refractivity contribution in [3.8, 4) is 0 Å². The smallest absolute Gasteiger partial charge is 0.0517 e. The second-order valence-electron chi connectivity index (χ2n) is 6.71. The van der Waals surface area contributed by atoms with Gasteiger partial charge in [0, 0.05) is 12.6 Å². The summed E-state index contributed by atoms with van der Waals surface area (Å²) in [6.45, 7) is 12.0. The highest BCUT2D eigenvalue weighted by atomic mass is 16.3. The maximum atomic E-state index is 9.46. The van der Waals surface area contributed by atoms with Gasteiger partial charge in [0.05, 0.1) is 6.10 Å². The molecule has 1 fully saturated rings. The van der Waals surface area contributed by atoms with Gasteiger partial charge in [-0.25, -0.2) is 0 Å². The van der Waals surface area contributed by atoms with Gasteiger partial charge in [-0.15, -0.1) is 0 Å². The van der Waals surface area contributed by atoms with Crippen LogP contribution in [0.3, 0.4) is 0 Å². The second-order valence-corrected chi connectivity index (χ2v) is 6.71. The molecule has 0 heterocycles. The predicted octanol–water partition coefficient (Wildman–Crippen LogP) is 2.81. The Bertz CT molecular complexity index is 205. The molecular formula is C14H29NO. The molecule has 0 aromatic carbocycles. The van der Waals surface area contributed by atoms with Crippen molar-refractivity contribution in [1.82, 2.24) is 5.32 Å². The van der Waals surface area contributed by atoms with Crippen molar-refractivity contribution in [2.45, 2.75) is 66.0 Å². The Morgan fingerprint density at radius 2 is 1.81 bits per heavy atom. The standard InChI is InChI=1S/C14H29NO/c1-10(2)13(12-6-7-12)15-9-14(4,5)8-11(3)16/h10-13,15-16H,6-9H2,1-5H3. The molecule has 1 saturated carbocycles. The summed E-state index contributed by atoms with van der Waals surface area (Å²) in [6, 6.07) is 0.674. The monoisotopic (exact) mass is 227 g/mol. The first-order valence-corrected chi connectivity index (χ1v) is 6.73. The van der Waals surface area contributed by atoms with E-state index in [1.165, 1.54) is 12.8 Å². The molecule has 0 spiro atoms. The number of rotatable bonds is 7. The summed E-state index contributed by atoms with van der Waals surface area (Å²) in [4.78, 5) is 0. The second kappa shape index (κ2) is 5.50. The molecule has 1 rings (SSSR count). The Morgan fingerprint density at radius 1 is 1.25 bits per heavy atom. The quantitative estimate of drug-likeness (QED) is 0.701. The minimum Gasteiger partial charge on any atom is -0.393 e. The summed E-state index contributed by atoms with van der Waals surface area (Å²) in [6.07, 6.45) is 3.46. The van der Waals surface area contributed by atoms with Gasteiger partial charge in [0.2, 0.25) is 0 Å². The largest absolute Gasteiger partial charge is 0.393 e. The molecule has 0 amide bonds. The van der Waals surface area contributed by atoms with Crippen LogP contribution < -0.4 is 5.32 Å². The molecule has 0 saturated heterocycles. The minimum absolute atomic E-state index is 0.191. The van der Waals surface area contributed by atoms with Gasteiger partial charge in [-0.3, -0.25) is 0 Å². The first kappa shape index (κ1) is 14.0. The van der Waals surface area contributed by atoms with E-state index in [1.807, 2.05) is 6.92 Å². The Balaban J connectivity index is 2.35. The first-order valence-electron chi connectivity index (χ1n) is 6.73. The van der Waals surface area contributed by atoms with Crippen LogP contribution in [-0.2, 0) is 0 Å². The molecule has 0 aromatic heterocycles. The zero-order valence-corrected chi connectivity index (χ0v) is 11.6. The van der Waals surface area contributed by atoms with Crippen LogP contribution in [0.25, 0.3) is 0 Å². The number of aliphatic hydroxyl groups excluding tert-OH is 1. The number of nitrogens with one attached hydrogen (secondary N) is 1. The van der Waals surface area contributed by atoms with Crippen LogP contribution in [0.2, 0.25) is 0 Å². The van der Waals surface area contributed by atoms with Gasteiger partial charge in [-0.05, 0) is 43.4 Å². The third-order valence-corrected chi connectivity index (χ3v) is 3.51. The lowest BCUT2D eigenvalue weighted by atomic mass is 9.86. The molecule has 96 valence electrons. The molecule has 2 N–H and O–H groups in total. The Hall–Kier alpha value is -0.0800. The van der Waals surface area contributed by atoms with Crippen LogP contribution >= 0.6 is 0 Å². The van der Waals surface area contributed by atoms with Gasteiger partial charge < -0.3 is 10.4 Å². The van der Waals surface area contributed by atoms with Gasteiger partial charge in [-0.1, -0.05) is 27.7 Å². The molecule has 2 atom stereocenters. The van der Waals surface area contributed by atoms with Crippen molar-refractivity contribution in [3.63, 3.8) is 0 Å². The lowest BCUT2D eigenvalue weighted by Crippen LogP contribution is -2.42. The third-order valence-electron chi connectivity index (χ3n) is 3.51. The Morgan fingerprint density at radius 3 is 2.19 bits per heavy atom. The van der Waals surface area contributed by atoms with Crippen LogP contribution in [0.5, 0.6) is 0 Å². The minimum atomic E-state index is -0.199. The van der Waals surface area contributed by atoms with E-state index >= 15 is 0 Å². The van der Waals surface area contributed by atoms with E-state index in [1.54, 1.807) is 0 Å². The fraction of sp³-hybridized carbons (Fsp3) is 1.00. The van der Waals surface area contributed by atoms with E-state index in [4.69, 9.17) is 0 Å². The zero-order chi connectivity index (χ0) is 12.3. The molecule has 2 nitrogen and oxygen atoms in total. The highest BCUT2D eigenvalue weighted by Crippen LogP contribution is 2.36. The summed E-state index contributed by atoms with van der Waals surface area (Å²) in [7, 11) is 0. The molecule has 0 aromatic rings. The topological polar surface area (TPSA) is 32.3 Å². The van der Waals surface area contributed by atoms with Crippen LogP contribution in [0.15, 0.2) is 0 Å². The predicted molar refractivity (Wildman–Crippen MR) is 69.4 cm³/mol. The molecule has 2 unspecified atom stereocenters. The maximum absolute atomic E-state index is 9.46. The van der Waals surface area contributed by atoms with Crippen molar-refractivity contribution in [1.29, 1.82) is 0 Å². The van der Waals surface area contributed by atoms with Crippen LogP contribution in [0, 0.1) is 17.3 Å². The summed E-state index contributed by atoms with van der Waals surface area (Å²) in [5.41, 5.74) is 0.191. The lowest BCUT2D eigenvalue weighted by Gasteiger charge is -2.31. The normalized spacial score (nSPS) is 21.2. The molecular weight excluding hydrogens is 198 g/mol. The van der Waals surface area contributed by atoms with E-state index in [9.17, 15) is 5.11 Å². The van der Waals surface area contributed by atoms with E-state index in [-0.39, 0.29) is 11.5 Å². The SMILES string of the molecule is CC(O)CC(C)(C)CNC(C(C)C)C1CC1. The highest BCUT2D eigenvalue weighted by molar-refractivity contribution is 4.89. The summed E-state index contributed by atoms with van der Waals surface area (Å²) in [5.74, 6) is 1.62. The molecule has 2 heteroatoms. The summed E-state index contributed by atoms with van der Waals surface area (Å²) in [5, 5.41) is 13.2. The Kier molecular flexibility index (Phi) is 4.81. The maximum Gasteiger partial charge on any atom is 0.0517 e. The summed E-state index contributed by atoms with van der Waals surface area (Å²) >= 11 is 0. The highest BCUT2D eigenvalue weighted by Gasteiger charge is 2.34. The van der Waals surface area contributed by atoms with E-state index < -0.39 is 0 Å².